The average Bonchev–Trinajstić information content (AvgIpc) is 2.16. The molecular weight excluding hydrogens is 220 g/mol. The fourth-order valence-corrected chi connectivity index (χ4v) is 1.66. The van der Waals surface area contributed by atoms with Crippen LogP contribution in [0.3, 0.4) is 0 Å². The predicted molar refractivity (Wildman–Crippen MR) is 59.5 cm³/mol. The zero-order valence-corrected chi connectivity index (χ0v) is 9.60. The van der Waals surface area contributed by atoms with Crippen LogP contribution in [-0.2, 0) is 4.79 Å². The Bertz CT molecular complexity index is 352. The van der Waals surface area contributed by atoms with Gasteiger partial charge in [-0.2, -0.15) is 0 Å². The van der Waals surface area contributed by atoms with Gasteiger partial charge in [0.25, 0.3) is 0 Å². The second kappa shape index (κ2) is 4.71. The van der Waals surface area contributed by atoms with Gasteiger partial charge in [0.1, 0.15) is 11.1 Å². The van der Waals surface area contributed by atoms with E-state index in [9.17, 15) is 4.79 Å². The van der Waals surface area contributed by atoms with E-state index >= 15 is 0 Å². The molecule has 76 valence electrons. The molecule has 14 heavy (non-hydrogen) atoms. The van der Waals surface area contributed by atoms with Gasteiger partial charge in [-0.1, -0.05) is 12.1 Å². The first kappa shape index (κ1) is 11.4. The summed E-state index contributed by atoms with van der Waals surface area (Å²) in [5.74, 6) is 0.454. The summed E-state index contributed by atoms with van der Waals surface area (Å²) in [7, 11) is 1.53. The van der Waals surface area contributed by atoms with Crippen LogP contribution in [0.4, 0.5) is 0 Å². The van der Waals surface area contributed by atoms with E-state index in [4.69, 9.17) is 16.3 Å². The summed E-state index contributed by atoms with van der Waals surface area (Å²) in [5.41, 5.74) is 0.661. The Hall–Kier alpha value is -0.670. The molecule has 0 N–H and O–H groups in total. The van der Waals surface area contributed by atoms with E-state index in [0.29, 0.717) is 16.2 Å². The number of ether oxygens (including phenoxy) is 1. The first-order chi connectivity index (χ1) is 6.57. The Kier molecular flexibility index (Phi) is 3.84. The molecule has 1 atom stereocenters. The summed E-state index contributed by atoms with van der Waals surface area (Å²) < 4.78 is 5.13. The highest BCUT2D eigenvalue weighted by atomic mass is 35.5. The number of benzene rings is 1. The number of Topliss-reactive ketones (excluding diaryl/α,β-unsaturated/α-hetero) is 1. The molecule has 0 heterocycles. The fourth-order valence-electron chi connectivity index (χ4n) is 1.18. The third-order valence-corrected chi connectivity index (χ3v) is 2.75. The SMILES string of the molecule is COc1c(S)cccc1C(Cl)C(C)=O. The summed E-state index contributed by atoms with van der Waals surface area (Å²) in [4.78, 5) is 11.8. The van der Waals surface area contributed by atoms with Crippen molar-refractivity contribution in [3.8, 4) is 5.75 Å². The van der Waals surface area contributed by atoms with Gasteiger partial charge in [0.05, 0.1) is 7.11 Å². The summed E-state index contributed by atoms with van der Waals surface area (Å²) in [5, 5.41) is -0.669. The molecule has 0 saturated carbocycles. The third kappa shape index (κ3) is 2.22. The van der Waals surface area contributed by atoms with E-state index in [1.807, 2.05) is 0 Å². The number of carbonyl (C=O) groups is 1. The van der Waals surface area contributed by atoms with Crippen LogP contribution in [0.25, 0.3) is 0 Å². The predicted octanol–water partition coefficient (Wildman–Crippen LogP) is 2.85. The molecule has 0 fully saturated rings. The number of carbonyl (C=O) groups excluding carboxylic acids is 1. The van der Waals surface area contributed by atoms with Gasteiger partial charge in [-0.25, -0.2) is 0 Å². The van der Waals surface area contributed by atoms with Crippen LogP contribution in [0.5, 0.6) is 5.75 Å². The maximum atomic E-state index is 11.1. The summed E-state index contributed by atoms with van der Waals surface area (Å²) in [6, 6.07) is 5.34. The molecule has 1 aromatic carbocycles. The summed E-state index contributed by atoms with van der Waals surface area (Å²) in [6.07, 6.45) is 0. The van der Waals surface area contributed by atoms with Gasteiger partial charge in [-0.05, 0) is 13.0 Å². The highest BCUT2D eigenvalue weighted by Gasteiger charge is 2.18. The Morgan fingerprint density at radius 3 is 2.71 bits per heavy atom. The fraction of sp³-hybridized carbons (Fsp3) is 0.300. The van der Waals surface area contributed by atoms with Gasteiger partial charge in [0, 0.05) is 10.5 Å². The van der Waals surface area contributed by atoms with Crippen molar-refractivity contribution < 1.29 is 9.53 Å². The molecule has 1 rings (SSSR count). The van der Waals surface area contributed by atoms with Crippen molar-refractivity contribution >= 4 is 30.0 Å². The van der Waals surface area contributed by atoms with Crippen LogP contribution < -0.4 is 4.74 Å². The minimum Gasteiger partial charge on any atom is -0.495 e. The van der Waals surface area contributed by atoms with Crippen molar-refractivity contribution in [2.75, 3.05) is 7.11 Å². The Balaban J connectivity index is 3.20. The second-order valence-electron chi connectivity index (χ2n) is 2.87. The maximum absolute atomic E-state index is 11.1. The van der Waals surface area contributed by atoms with E-state index in [-0.39, 0.29) is 5.78 Å². The number of thiol groups is 1. The molecule has 0 bridgehead atoms. The van der Waals surface area contributed by atoms with Crippen LogP contribution in [0.2, 0.25) is 0 Å². The number of halogens is 1. The van der Waals surface area contributed by atoms with Gasteiger partial charge >= 0.3 is 0 Å². The van der Waals surface area contributed by atoms with E-state index < -0.39 is 5.38 Å². The van der Waals surface area contributed by atoms with Gasteiger partial charge < -0.3 is 4.74 Å². The molecule has 2 nitrogen and oxygen atoms in total. The molecule has 0 aliphatic heterocycles. The largest absolute Gasteiger partial charge is 0.495 e. The lowest BCUT2D eigenvalue weighted by Crippen LogP contribution is -2.04. The highest BCUT2D eigenvalue weighted by molar-refractivity contribution is 7.80. The van der Waals surface area contributed by atoms with E-state index in [0.717, 1.165) is 0 Å². The van der Waals surface area contributed by atoms with Crippen molar-refractivity contribution in [1.29, 1.82) is 0 Å². The van der Waals surface area contributed by atoms with Crippen molar-refractivity contribution in [2.45, 2.75) is 17.2 Å². The quantitative estimate of drug-likeness (QED) is 0.639. The number of hydrogen-bond acceptors (Lipinski definition) is 3. The molecule has 1 aromatic rings. The minimum absolute atomic E-state index is 0.107. The first-order valence-electron chi connectivity index (χ1n) is 4.08. The Morgan fingerprint density at radius 1 is 1.57 bits per heavy atom. The number of ketones is 1. The maximum Gasteiger partial charge on any atom is 0.152 e. The van der Waals surface area contributed by atoms with Gasteiger partial charge in [-0.15, -0.1) is 24.2 Å². The monoisotopic (exact) mass is 230 g/mol. The lowest BCUT2D eigenvalue weighted by atomic mass is 10.1. The van der Waals surface area contributed by atoms with Crippen LogP contribution in [0.1, 0.15) is 17.9 Å². The molecule has 4 heteroatoms. The molecule has 0 saturated heterocycles. The molecule has 0 radical (unpaired) electrons. The Morgan fingerprint density at radius 2 is 2.21 bits per heavy atom. The zero-order chi connectivity index (χ0) is 10.7. The number of rotatable bonds is 3. The minimum atomic E-state index is -0.669. The molecule has 0 spiro atoms. The number of methoxy groups -OCH3 is 1. The average molecular weight is 231 g/mol. The van der Waals surface area contributed by atoms with Gasteiger partial charge in [-0.3, -0.25) is 4.79 Å². The van der Waals surface area contributed by atoms with Crippen molar-refractivity contribution in [3.63, 3.8) is 0 Å². The van der Waals surface area contributed by atoms with Crippen LogP contribution >= 0.6 is 24.2 Å². The van der Waals surface area contributed by atoms with Crippen molar-refractivity contribution in [2.24, 2.45) is 0 Å². The smallest absolute Gasteiger partial charge is 0.152 e. The molecule has 0 amide bonds. The normalized spacial score (nSPS) is 12.3. The standard InChI is InChI=1S/C10H11ClO2S/c1-6(12)9(11)7-4-3-5-8(14)10(7)13-2/h3-5,9,14H,1-2H3. The highest BCUT2D eigenvalue weighted by Crippen LogP contribution is 2.34. The molecular formula is C10H11ClO2S. The van der Waals surface area contributed by atoms with Crippen LogP contribution in [0.15, 0.2) is 23.1 Å². The second-order valence-corrected chi connectivity index (χ2v) is 3.79. The van der Waals surface area contributed by atoms with Gasteiger partial charge in [0.2, 0.25) is 0 Å². The van der Waals surface area contributed by atoms with Crippen LogP contribution in [0, 0.1) is 0 Å². The third-order valence-electron chi connectivity index (χ3n) is 1.86. The summed E-state index contributed by atoms with van der Waals surface area (Å²) in [6.45, 7) is 1.45. The zero-order valence-electron chi connectivity index (χ0n) is 7.95. The first-order valence-corrected chi connectivity index (χ1v) is 4.96. The Labute approximate surface area is 93.6 Å². The number of para-hydroxylation sites is 1. The molecule has 1 unspecified atom stereocenters. The number of hydrogen-bond donors (Lipinski definition) is 1. The van der Waals surface area contributed by atoms with E-state index in [1.54, 1.807) is 18.2 Å². The topological polar surface area (TPSA) is 26.3 Å². The van der Waals surface area contributed by atoms with E-state index in [1.165, 1.54) is 14.0 Å². The number of alkyl halides is 1. The van der Waals surface area contributed by atoms with Crippen LogP contribution in [-0.4, -0.2) is 12.9 Å². The summed E-state index contributed by atoms with van der Waals surface area (Å²) >= 11 is 10.1. The molecule has 0 aliphatic rings. The lowest BCUT2D eigenvalue weighted by Gasteiger charge is -2.12. The lowest BCUT2D eigenvalue weighted by molar-refractivity contribution is -0.116. The van der Waals surface area contributed by atoms with Crippen molar-refractivity contribution in [1.82, 2.24) is 0 Å². The molecule has 0 aliphatic carbocycles. The van der Waals surface area contributed by atoms with Crippen molar-refractivity contribution in [3.05, 3.63) is 23.8 Å². The molecule has 0 aromatic heterocycles. The van der Waals surface area contributed by atoms with Gasteiger partial charge in [0.15, 0.2) is 5.78 Å². The van der Waals surface area contributed by atoms with E-state index in [2.05, 4.69) is 12.6 Å².